The van der Waals surface area contributed by atoms with E-state index in [0.29, 0.717) is 5.69 Å². The van der Waals surface area contributed by atoms with Gasteiger partial charge in [0.2, 0.25) is 5.91 Å². The molecule has 6 heteroatoms. The smallest absolute Gasteiger partial charge is 0.411 e. The Morgan fingerprint density at radius 2 is 1.72 bits per heavy atom. The van der Waals surface area contributed by atoms with Gasteiger partial charge in [0.05, 0.1) is 0 Å². The van der Waals surface area contributed by atoms with Gasteiger partial charge in [-0.2, -0.15) is 0 Å². The molecule has 0 radical (unpaired) electrons. The topological polar surface area (TPSA) is 70.7 Å². The fourth-order valence-electron chi connectivity index (χ4n) is 3.32. The van der Waals surface area contributed by atoms with E-state index in [0.717, 1.165) is 38.0 Å². The average Bonchev–Trinajstić information content (AvgIpc) is 2.75. The van der Waals surface area contributed by atoms with Gasteiger partial charge in [-0.15, -0.1) is 0 Å². The van der Waals surface area contributed by atoms with E-state index in [9.17, 15) is 9.59 Å². The van der Waals surface area contributed by atoms with Crippen molar-refractivity contribution in [3.8, 4) is 0 Å². The van der Waals surface area contributed by atoms with Gasteiger partial charge < -0.3 is 10.1 Å². The fraction of sp³-hybridized carbons (Fsp3) is 0.304. The molecule has 3 rings (SSSR count). The molecule has 0 aromatic heterocycles. The number of benzene rings is 2. The Hall–Kier alpha value is -3.12. The van der Waals surface area contributed by atoms with E-state index in [2.05, 4.69) is 22.1 Å². The van der Waals surface area contributed by atoms with Crippen LogP contribution in [-0.2, 0) is 22.7 Å². The first-order chi connectivity index (χ1) is 14.1. The molecule has 6 nitrogen and oxygen atoms in total. The summed E-state index contributed by atoms with van der Waals surface area (Å²) in [5, 5.41) is 5.71. The summed E-state index contributed by atoms with van der Waals surface area (Å²) >= 11 is 0. The number of hydrogen-bond donors (Lipinski definition) is 2. The minimum Gasteiger partial charge on any atom is -0.444 e. The third-order valence-corrected chi connectivity index (χ3v) is 4.94. The van der Waals surface area contributed by atoms with Crippen LogP contribution in [0.3, 0.4) is 0 Å². The number of nitrogens with zero attached hydrogens (tertiary/aromatic N) is 1. The van der Waals surface area contributed by atoms with Crippen LogP contribution in [0.1, 0.15) is 24.0 Å². The SMILES string of the molecule is C=CC(=O)NC1CCN(Cc2ccc(NC(=O)OCc3ccccc3)cc2)CC1. The van der Waals surface area contributed by atoms with Gasteiger partial charge in [0.25, 0.3) is 0 Å². The van der Waals surface area contributed by atoms with E-state index in [1.54, 1.807) is 0 Å². The Kier molecular flexibility index (Phi) is 7.41. The summed E-state index contributed by atoms with van der Waals surface area (Å²) < 4.78 is 5.23. The highest BCUT2D eigenvalue weighted by molar-refractivity contribution is 5.87. The average molecular weight is 393 g/mol. The molecule has 0 atom stereocenters. The van der Waals surface area contributed by atoms with E-state index in [4.69, 9.17) is 4.74 Å². The van der Waals surface area contributed by atoms with Crippen molar-refractivity contribution in [2.24, 2.45) is 0 Å². The van der Waals surface area contributed by atoms with Crippen LogP contribution in [0.4, 0.5) is 10.5 Å². The number of nitrogens with one attached hydrogen (secondary N) is 2. The molecule has 29 heavy (non-hydrogen) atoms. The number of anilines is 1. The molecule has 2 N–H and O–H groups in total. The van der Waals surface area contributed by atoms with Gasteiger partial charge >= 0.3 is 6.09 Å². The summed E-state index contributed by atoms with van der Waals surface area (Å²) in [6.45, 7) is 6.46. The van der Waals surface area contributed by atoms with Gasteiger partial charge in [0.15, 0.2) is 0 Å². The Morgan fingerprint density at radius 1 is 1.03 bits per heavy atom. The van der Waals surface area contributed by atoms with E-state index in [1.807, 2.05) is 54.6 Å². The highest BCUT2D eigenvalue weighted by Gasteiger charge is 2.19. The van der Waals surface area contributed by atoms with Crippen LogP contribution < -0.4 is 10.6 Å². The number of carbonyl (C=O) groups excluding carboxylic acids is 2. The summed E-state index contributed by atoms with van der Waals surface area (Å²) in [6, 6.07) is 17.6. The lowest BCUT2D eigenvalue weighted by molar-refractivity contribution is -0.117. The molecule has 1 fully saturated rings. The highest BCUT2D eigenvalue weighted by atomic mass is 16.5. The monoisotopic (exact) mass is 393 g/mol. The molecule has 1 aliphatic rings. The lowest BCUT2D eigenvalue weighted by Gasteiger charge is -2.32. The van der Waals surface area contributed by atoms with Crippen LogP contribution in [0, 0.1) is 0 Å². The van der Waals surface area contributed by atoms with Crippen LogP contribution >= 0.6 is 0 Å². The summed E-state index contributed by atoms with van der Waals surface area (Å²) in [7, 11) is 0. The Labute approximate surface area is 171 Å². The van der Waals surface area contributed by atoms with Gasteiger partial charge in [-0.1, -0.05) is 49.0 Å². The van der Waals surface area contributed by atoms with Crippen molar-refractivity contribution in [2.45, 2.75) is 32.0 Å². The highest BCUT2D eigenvalue weighted by Crippen LogP contribution is 2.16. The minimum atomic E-state index is -0.467. The number of ether oxygens (including phenoxy) is 1. The van der Waals surface area contributed by atoms with Crippen molar-refractivity contribution in [2.75, 3.05) is 18.4 Å². The van der Waals surface area contributed by atoms with Crippen LogP contribution in [0.2, 0.25) is 0 Å². The maximum Gasteiger partial charge on any atom is 0.411 e. The van der Waals surface area contributed by atoms with Crippen LogP contribution in [0.15, 0.2) is 67.3 Å². The van der Waals surface area contributed by atoms with Gasteiger partial charge in [0.1, 0.15) is 6.61 Å². The Balaban J connectivity index is 1.40. The van der Waals surface area contributed by atoms with Crippen LogP contribution in [-0.4, -0.2) is 36.0 Å². The number of piperidine rings is 1. The van der Waals surface area contributed by atoms with Crippen molar-refractivity contribution in [3.63, 3.8) is 0 Å². The lowest BCUT2D eigenvalue weighted by atomic mass is 10.0. The first kappa shape index (κ1) is 20.6. The second-order valence-corrected chi connectivity index (χ2v) is 7.15. The molecule has 0 bridgehead atoms. The first-order valence-corrected chi connectivity index (χ1v) is 9.84. The zero-order valence-electron chi connectivity index (χ0n) is 16.5. The largest absolute Gasteiger partial charge is 0.444 e. The first-order valence-electron chi connectivity index (χ1n) is 9.84. The van der Waals surface area contributed by atoms with Crippen LogP contribution in [0.5, 0.6) is 0 Å². The van der Waals surface area contributed by atoms with Crippen molar-refractivity contribution < 1.29 is 14.3 Å². The normalized spacial score (nSPS) is 14.8. The van der Waals surface area contributed by atoms with Crippen molar-refractivity contribution in [1.82, 2.24) is 10.2 Å². The zero-order valence-corrected chi connectivity index (χ0v) is 16.5. The molecule has 0 aliphatic carbocycles. The minimum absolute atomic E-state index is 0.103. The summed E-state index contributed by atoms with van der Waals surface area (Å²) in [6.07, 6.45) is 2.73. The van der Waals surface area contributed by atoms with E-state index < -0.39 is 6.09 Å². The fourth-order valence-corrected chi connectivity index (χ4v) is 3.32. The predicted molar refractivity (Wildman–Crippen MR) is 113 cm³/mol. The summed E-state index contributed by atoms with van der Waals surface area (Å²) in [4.78, 5) is 25.7. The molecule has 1 heterocycles. The Morgan fingerprint density at radius 3 is 2.38 bits per heavy atom. The van der Waals surface area contributed by atoms with E-state index in [-0.39, 0.29) is 18.6 Å². The predicted octanol–water partition coefficient (Wildman–Crippen LogP) is 3.70. The summed E-state index contributed by atoms with van der Waals surface area (Å²) in [5.74, 6) is -0.103. The molecule has 0 spiro atoms. The number of hydrogen-bond acceptors (Lipinski definition) is 4. The molecular formula is C23H27N3O3. The van der Waals surface area contributed by atoms with Gasteiger partial charge in [-0.3, -0.25) is 15.0 Å². The molecule has 2 aromatic rings. The molecule has 1 aliphatic heterocycles. The zero-order chi connectivity index (χ0) is 20.5. The second-order valence-electron chi connectivity index (χ2n) is 7.15. The van der Waals surface area contributed by atoms with Gasteiger partial charge in [0, 0.05) is 31.4 Å². The van der Waals surface area contributed by atoms with E-state index >= 15 is 0 Å². The molecule has 152 valence electrons. The van der Waals surface area contributed by atoms with Crippen molar-refractivity contribution in [3.05, 3.63) is 78.4 Å². The molecule has 0 unspecified atom stereocenters. The standard InChI is InChI=1S/C23H27N3O3/c1-2-22(27)24-21-12-14-26(15-13-21)16-18-8-10-20(11-9-18)25-23(28)29-17-19-6-4-3-5-7-19/h2-11,21H,1,12-17H2,(H,24,27)(H,25,28). The van der Waals surface area contributed by atoms with Gasteiger partial charge in [-0.05, 0) is 42.2 Å². The molecular weight excluding hydrogens is 366 g/mol. The number of carbonyl (C=O) groups is 2. The Bertz CT molecular complexity index is 813. The van der Waals surface area contributed by atoms with E-state index in [1.165, 1.54) is 11.6 Å². The quantitative estimate of drug-likeness (QED) is 0.704. The van der Waals surface area contributed by atoms with Crippen molar-refractivity contribution in [1.29, 1.82) is 0 Å². The molecule has 2 amide bonds. The third kappa shape index (κ3) is 6.76. The number of rotatable bonds is 7. The maximum atomic E-state index is 11.9. The molecule has 0 saturated carbocycles. The number of amides is 2. The van der Waals surface area contributed by atoms with Crippen LogP contribution in [0.25, 0.3) is 0 Å². The summed E-state index contributed by atoms with van der Waals surface area (Å²) in [5.41, 5.74) is 2.84. The van der Waals surface area contributed by atoms with Gasteiger partial charge in [-0.25, -0.2) is 4.79 Å². The lowest BCUT2D eigenvalue weighted by Crippen LogP contribution is -2.43. The second kappa shape index (κ2) is 10.4. The maximum absolute atomic E-state index is 11.9. The van der Waals surface area contributed by atoms with Crippen molar-refractivity contribution >= 4 is 17.7 Å². The third-order valence-electron chi connectivity index (χ3n) is 4.94. The molecule has 2 aromatic carbocycles. The number of likely N-dealkylation sites (tertiary alicyclic amines) is 1. The molecule has 1 saturated heterocycles.